The van der Waals surface area contributed by atoms with Gasteiger partial charge in [0.1, 0.15) is 0 Å². The third-order valence-corrected chi connectivity index (χ3v) is 7.59. The van der Waals surface area contributed by atoms with E-state index >= 15 is 0 Å². The van der Waals surface area contributed by atoms with Gasteiger partial charge >= 0.3 is 140 Å². The zero-order valence-electron chi connectivity index (χ0n) is 13.1. The Bertz CT molecular complexity index is 546. The molecule has 0 aromatic heterocycles. The van der Waals surface area contributed by atoms with E-state index in [2.05, 4.69) is 66.0 Å². The molecule has 3 rings (SSSR count). The first-order chi connectivity index (χ1) is 10.9. The van der Waals surface area contributed by atoms with Crippen LogP contribution < -0.4 is 9.78 Å². The predicted molar refractivity (Wildman–Crippen MR) is 95.8 cm³/mol. The van der Waals surface area contributed by atoms with Crippen LogP contribution in [0.2, 0.25) is 4.31 Å². The zero-order valence-corrected chi connectivity index (χ0v) is 14.8. The predicted octanol–water partition coefficient (Wildman–Crippen LogP) is 3.93. The topological polar surface area (TPSA) is 12.0 Å². The van der Waals surface area contributed by atoms with Crippen molar-refractivity contribution in [1.29, 1.82) is 0 Å². The summed E-state index contributed by atoms with van der Waals surface area (Å²) in [5.41, 5.74) is 1.39. The van der Waals surface area contributed by atoms with Crippen LogP contribution in [0.3, 0.4) is 0 Å². The van der Waals surface area contributed by atoms with Gasteiger partial charge in [0.2, 0.25) is 0 Å². The van der Waals surface area contributed by atoms with E-state index in [4.69, 9.17) is 0 Å². The van der Waals surface area contributed by atoms with Crippen molar-refractivity contribution < 1.29 is 0 Å². The van der Waals surface area contributed by atoms with Crippen molar-refractivity contribution in [2.75, 3.05) is 6.54 Å². The Morgan fingerprint density at radius 2 is 1.45 bits per heavy atom. The second kappa shape index (κ2) is 7.97. The van der Waals surface area contributed by atoms with E-state index < -0.39 is 0 Å². The molecule has 1 N–H and O–H groups in total. The molecule has 22 heavy (non-hydrogen) atoms. The first-order valence-corrected chi connectivity index (χ1v) is 10.1. The van der Waals surface area contributed by atoms with Gasteiger partial charge in [0.05, 0.1) is 0 Å². The first kappa shape index (κ1) is 15.8. The van der Waals surface area contributed by atoms with Gasteiger partial charge in [-0.05, 0) is 0 Å². The van der Waals surface area contributed by atoms with Gasteiger partial charge in [-0.15, -0.1) is 0 Å². The van der Waals surface area contributed by atoms with Gasteiger partial charge in [-0.3, -0.25) is 0 Å². The number of nitrogens with one attached hydrogen (secondary N) is 1. The maximum atomic E-state index is 3.75. The second-order valence-corrected chi connectivity index (χ2v) is 9.48. The van der Waals surface area contributed by atoms with Crippen molar-refractivity contribution >= 4 is 19.4 Å². The molecule has 0 atom stereocenters. The number of benzene rings is 2. The summed E-state index contributed by atoms with van der Waals surface area (Å²) in [7, 11) is 0. The minimum atomic E-state index is 0.515. The molecule has 0 bridgehead atoms. The Labute approximate surface area is 140 Å². The molecule has 1 aliphatic carbocycles. The molecule has 0 unspecified atom stereocenters. The molecule has 2 aromatic rings. The van der Waals surface area contributed by atoms with Crippen molar-refractivity contribution in [3.05, 3.63) is 66.2 Å². The third-order valence-electron chi connectivity index (χ3n) is 4.46. The van der Waals surface area contributed by atoms with Crippen molar-refractivity contribution in [1.82, 2.24) is 5.32 Å². The Morgan fingerprint density at radius 3 is 2.14 bits per heavy atom. The van der Waals surface area contributed by atoms with Crippen LogP contribution >= 0.6 is 0 Å². The molecule has 1 fully saturated rings. The number of hydrogen-bond acceptors (Lipinski definition) is 1. The standard InChI is InChI=1S/C20H25NSe/c1-4-10-18(11-5-1)16-21-17-20(14-8-3-9-15-20)22-19-12-6-2-7-13-19/h1-2,4-7,10-13,21H,3,8-9,14-17H2. The molecule has 0 saturated heterocycles. The summed E-state index contributed by atoms with van der Waals surface area (Å²) in [4.78, 5) is 0. The Hall–Kier alpha value is -1.08. The fourth-order valence-corrected chi connectivity index (χ4v) is 6.34. The van der Waals surface area contributed by atoms with Crippen LogP contribution in [-0.2, 0) is 6.54 Å². The van der Waals surface area contributed by atoms with Gasteiger partial charge in [-0.1, -0.05) is 0 Å². The SMILES string of the molecule is c1ccc(CNCC2([Se]c3ccccc3)CCCCC2)cc1. The number of rotatable bonds is 6. The Balaban J connectivity index is 1.62. The van der Waals surface area contributed by atoms with Crippen LogP contribution in [0.5, 0.6) is 0 Å². The van der Waals surface area contributed by atoms with E-state index in [1.165, 1.54) is 37.7 Å². The van der Waals surface area contributed by atoms with E-state index in [-0.39, 0.29) is 0 Å². The quantitative estimate of drug-likeness (QED) is 0.772. The molecular formula is C20H25NSe. The van der Waals surface area contributed by atoms with Crippen LogP contribution in [0.25, 0.3) is 0 Å². The molecule has 0 spiro atoms. The van der Waals surface area contributed by atoms with E-state index in [1.54, 1.807) is 4.46 Å². The Morgan fingerprint density at radius 1 is 0.818 bits per heavy atom. The van der Waals surface area contributed by atoms with Crippen LogP contribution in [0.15, 0.2) is 60.7 Å². The molecule has 116 valence electrons. The molecule has 0 heterocycles. The van der Waals surface area contributed by atoms with E-state index in [0.717, 1.165) is 13.1 Å². The van der Waals surface area contributed by atoms with E-state index in [0.29, 0.717) is 19.3 Å². The molecule has 1 nitrogen and oxygen atoms in total. The van der Waals surface area contributed by atoms with Crippen molar-refractivity contribution in [3.8, 4) is 0 Å². The monoisotopic (exact) mass is 359 g/mol. The second-order valence-electron chi connectivity index (χ2n) is 6.25. The molecule has 0 aliphatic heterocycles. The molecule has 1 saturated carbocycles. The fourth-order valence-electron chi connectivity index (χ4n) is 3.28. The summed E-state index contributed by atoms with van der Waals surface area (Å²) >= 11 is 0.568. The van der Waals surface area contributed by atoms with Gasteiger partial charge in [0.15, 0.2) is 0 Å². The van der Waals surface area contributed by atoms with Crippen molar-refractivity contribution in [3.63, 3.8) is 0 Å². The summed E-state index contributed by atoms with van der Waals surface area (Å²) in [6.07, 6.45) is 7.02. The summed E-state index contributed by atoms with van der Waals surface area (Å²) < 4.78 is 2.07. The Kier molecular flexibility index (Phi) is 5.72. The summed E-state index contributed by atoms with van der Waals surface area (Å²) in [5.74, 6) is 0. The van der Waals surface area contributed by atoms with Gasteiger partial charge in [-0.2, -0.15) is 0 Å². The molecule has 1 aliphatic rings. The van der Waals surface area contributed by atoms with Gasteiger partial charge < -0.3 is 0 Å². The van der Waals surface area contributed by atoms with Crippen LogP contribution in [0, 0.1) is 0 Å². The number of hydrogen-bond donors (Lipinski definition) is 1. The van der Waals surface area contributed by atoms with Crippen LogP contribution in [0.4, 0.5) is 0 Å². The molecule has 2 aromatic carbocycles. The summed E-state index contributed by atoms with van der Waals surface area (Å²) in [6, 6.07) is 21.9. The average molecular weight is 358 g/mol. The molecule has 2 heteroatoms. The fraction of sp³-hybridized carbons (Fsp3) is 0.400. The van der Waals surface area contributed by atoms with Gasteiger partial charge in [0, 0.05) is 0 Å². The van der Waals surface area contributed by atoms with Crippen LogP contribution in [-0.4, -0.2) is 21.5 Å². The van der Waals surface area contributed by atoms with Crippen LogP contribution in [0.1, 0.15) is 37.7 Å². The minimum absolute atomic E-state index is 0.515. The molecular weight excluding hydrogens is 333 g/mol. The normalized spacial score (nSPS) is 17.3. The van der Waals surface area contributed by atoms with E-state index in [1.807, 2.05) is 0 Å². The van der Waals surface area contributed by atoms with Crippen molar-refractivity contribution in [2.45, 2.75) is 43.0 Å². The molecule has 0 radical (unpaired) electrons. The summed E-state index contributed by atoms with van der Waals surface area (Å²) in [6.45, 7) is 2.16. The summed E-state index contributed by atoms with van der Waals surface area (Å²) in [5, 5.41) is 3.75. The molecule has 0 amide bonds. The maximum absolute atomic E-state index is 3.75. The zero-order chi connectivity index (χ0) is 15.1. The first-order valence-electron chi connectivity index (χ1n) is 8.35. The van der Waals surface area contributed by atoms with Gasteiger partial charge in [0.25, 0.3) is 0 Å². The third kappa shape index (κ3) is 4.46. The van der Waals surface area contributed by atoms with Gasteiger partial charge in [-0.25, -0.2) is 0 Å². The van der Waals surface area contributed by atoms with E-state index in [9.17, 15) is 0 Å². The van der Waals surface area contributed by atoms with Crippen molar-refractivity contribution in [2.24, 2.45) is 0 Å². The average Bonchev–Trinajstić information content (AvgIpc) is 2.58.